The number of carbonyl (C=O) groups excluding carboxylic acids is 1. The number of ketones is 1. The molecule has 3 nitrogen and oxygen atoms in total. The lowest BCUT2D eigenvalue weighted by molar-refractivity contribution is -0.738. The van der Waals surface area contributed by atoms with E-state index in [2.05, 4.69) is 4.58 Å². The summed E-state index contributed by atoms with van der Waals surface area (Å²) in [4.78, 5) is 0. The van der Waals surface area contributed by atoms with Gasteiger partial charge in [0.1, 0.15) is 0 Å². The molecule has 1 aromatic carbocycles. The summed E-state index contributed by atoms with van der Waals surface area (Å²) in [5.41, 5.74) is 1.15. The molecule has 0 aliphatic rings. The molecule has 0 atom stereocenters. The minimum Gasteiger partial charge on any atom is -0.376 e. The molecule has 0 radical (unpaired) electrons. The SMILES string of the molecule is CC(CCOCc1ccccc1)=[O+]O. The van der Waals surface area contributed by atoms with Crippen molar-refractivity contribution in [2.45, 2.75) is 20.0 Å². The predicted molar refractivity (Wildman–Crippen MR) is 54.0 cm³/mol. The van der Waals surface area contributed by atoms with Gasteiger partial charge in [-0.3, -0.25) is 0 Å². The fourth-order valence-corrected chi connectivity index (χ4v) is 1.03. The van der Waals surface area contributed by atoms with Crippen LogP contribution in [-0.4, -0.2) is 17.6 Å². The number of hydrogen-bond acceptors (Lipinski definition) is 2. The molecule has 1 N–H and O–H groups in total. The maximum Gasteiger partial charge on any atom is 0.384 e. The second-order valence-corrected chi connectivity index (χ2v) is 3.08. The van der Waals surface area contributed by atoms with Crippen LogP contribution in [0.15, 0.2) is 30.3 Å². The highest BCUT2D eigenvalue weighted by Crippen LogP contribution is 2.00. The smallest absolute Gasteiger partial charge is 0.376 e. The van der Waals surface area contributed by atoms with Gasteiger partial charge in [0.2, 0.25) is 0 Å². The Hall–Kier alpha value is -1.35. The Morgan fingerprint density at radius 2 is 2.07 bits per heavy atom. The molecule has 0 fully saturated rings. The van der Waals surface area contributed by atoms with Crippen LogP contribution in [0.5, 0.6) is 0 Å². The molecule has 1 aromatic rings. The molecule has 0 heterocycles. The van der Waals surface area contributed by atoms with Crippen LogP contribution >= 0.6 is 0 Å². The molecule has 0 aliphatic heterocycles. The second kappa shape index (κ2) is 6.16. The summed E-state index contributed by atoms with van der Waals surface area (Å²) in [5.74, 6) is 0.568. The normalized spacial score (nSPS) is 11.6. The van der Waals surface area contributed by atoms with Gasteiger partial charge >= 0.3 is 5.78 Å². The van der Waals surface area contributed by atoms with Crippen molar-refractivity contribution in [3.05, 3.63) is 35.9 Å². The average Bonchev–Trinajstić information content (AvgIpc) is 2.25. The summed E-state index contributed by atoms with van der Waals surface area (Å²) in [5, 5.41) is 8.26. The Morgan fingerprint density at radius 1 is 1.36 bits per heavy atom. The van der Waals surface area contributed by atoms with Gasteiger partial charge in [-0.15, -0.1) is 0 Å². The summed E-state index contributed by atoms with van der Waals surface area (Å²) in [6.07, 6.45) is 0.614. The monoisotopic (exact) mass is 195 g/mol. The molecule has 76 valence electrons. The third-order valence-corrected chi connectivity index (χ3v) is 1.87. The second-order valence-electron chi connectivity index (χ2n) is 3.08. The van der Waals surface area contributed by atoms with E-state index in [-0.39, 0.29) is 0 Å². The minimum atomic E-state index is 0.557. The highest BCUT2D eigenvalue weighted by molar-refractivity contribution is 5.75. The fourth-order valence-electron chi connectivity index (χ4n) is 1.03. The van der Waals surface area contributed by atoms with Gasteiger partial charge < -0.3 is 4.74 Å². The zero-order valence-electron chi connectivity index (χ0n) is 8.27. The third-order valence-electron chi connectivity index (χ3n) is 1.87. The first-order chi connectivity index (χ1) is 6.83. The Morgan fingerprint density at radius 3 is 2.71 bits per heavy atom. The van der Waals surface area contributed by atoms with Crippen molar-refractivity contribution < 1.29 is 14.6 Å². The topological polar surface area (TPSA) is 40.8 Å². The first-order valence-corrected chi connectivity index (χ1v) is 4.58. The lowest BCUT2D eigenvalue weighted by Gasteiger charge is -2.00. The Balaban J connectivity index is 2.17. The molecule has 0 aromatic heterocycles. The van der Waals surface area contributed by atoms with E-state index < -0.39 is 0 Å². The quantitative estimate of drug-likeness (QED) is 0.338. The first kappa shape index (κ1) is 10.7. The van der Waals surface area contributed by atoms with Gasteiger partial charge in [0.25, 0.3) is 0 Å². The Kier molecular flexibility index (Phi) is 4.72. The van der Waals surface area contributed by atoms with Crippen molar-refractivity contribution >= 4 is 5.78 Å². The van der Waals surface area contributed by atoms with Crippen LogP contribution in [0, 0.1) is 0 Å². The molecule has 1 rings (SSSR count). The summed E-state index contributed by atoms with van der Waals surface area (Å²) in [6.45, 7) is 2.87. The van der Waals surface area contributed by atoms with E-state index in [0.717, 1.165) is 5.56 Å². The molecular weight excluding hydrogens is 180 g/mol. The number of hydrogen-bond donors (Lipinski definition) is 1. The standard InChI is InChI=1S/C11H15O3/c1-10(14-12)7-8-13-9-11-5-3-2-4-6-11/h2-6,12H,7-9H2,1H3/q+1. The van der Waals surface area contributed by atoms with Crippen LogP contribution in [0.3, 0.4) is 0 Å². The van der Waals surface area contributed by atoms with Crippen LogP contribution < -0.4 is 0 Å². The molecule has 0 amide bonds. The maximum absolute atomic E-state index is 8.26. The average molecular weight is 195 g/mol. The van der Waals surface area contributed by atoms with Gasteiger partial charge in [-0.2, -0.15) is 5.26 Å². The molecule has 0 saturated carbocycles. The van der Waals surface area contributed by atoms with Crippen LogP contribution in [0.2, 0.25) is 0 Å². The van der Waals surface area contributed by atoms with Crippen molar-refractivity contribution in [3.63, 3.8) is 0 Å². The molecule has 0 unspecified atom stereocenters. The number of rotatable bonds is 5. The van der Waals surface area contributed by atoms with E-state index in [4.69, 9.17) is 9.99 Å². The summed E-state index contributed by atoms with van der Waals surface area (Å²) >= 11 is 0. The van der Waals surface area contributed by atoms with Crippen LogP contribution in [0.4, 0.5) is 0 Å². The van der Waals surface area contributed by atoms with E-state index in [1.54, 1.807) is 6.92 Å². The Bertz CT molecular complexity index is 280. The van der Waals surface area contributed by atoms with Gasteiger partial charge in [-0.25, -0.2) is 0 Å². The molecular formula is C11H15O3+. The lowest BCUT2D eigenvalue weighted by Crippen LogP contribution is -2.02. The molecule has 3 heteroatoms. The molecule has 0 aliphatic carbocycles. The highest BCUT2D eigenvalue weighted by Gasteiger charge is 2.05. The summed E-state index contributed by atoms with van der Waals surface area (Å²) in [6, 6.07) is 9.96. The molecule has 14 heavy (non-hydrogen) atoms. The minimum absolute atomic E-state index is 0.557. The lowest BCUT2D eigenvalue weighted by atomic mass is 10.2. The van der Waals surface area contributed by atoms with E-state index in [9.17, 15) is 0 Å². The zero-order valence-corrected chi connectivity index (χ0v) is 8.27. The van der Waals surface area contributed by atoms with Crippen LogP contribution in [0.1, 0.15) is 18.9 Å². The summed E-state index contributed by atoms with van der Waals surface area (Å²) < 4.78 is 9.42. The van der Waals surface area contributed by atoms with Gasteiger partial charge in [-0.1, -0.05) is 30.3 Å². The van der Waals surface area contributed by atoms with E-state index in [1.807, 2.05) is 30.3 Å². The highest BCUT2D eigenvalue weighted by atomic mass is 17.1. The molecule has 0 bridgehead atoms. The first-order valence-electron chi connectivity index (χ1n) is 4.58. The van der Waals surface area contributed by atoms with Gasteiger partial charge in [0, 0.05) is 4.58 Å². The van der Waals surface area contributed by atoms with Crippen LogP contribution in [-0.2, 0) is 15.9 Å². The fraction of sp³-hybridized carbons (Fsp3) is 0.364. The number of benzene rings is 1. The maximum atomic E-state index is 8.26. The summed E-state index contributed by atoms with van der Waals surface area (Å²) in [7, 11) is 0. The van der Waals surface area contributed by atoms with Crippen molar-refractivity contribution in [2.24, 2.45) is 0 Å². The van der Waals surface area contributed by atoms with E-state index in [1.165, 1.54) is 0 Å². The molecule has 0 saturated heterocycles. The predicted octanol–water partition coefficient (Wildman–Crippen LogP) is 2.19. The largest absolute Gasteiger partial charge is 0.384 e. The van der Waals surface area contributed by atoms with E-state index >= 15 is 0 Å². The molecule has 0 spiro atoms. The van der Waals surface area contributed by atoms with Crippen molar-refractivity contribution in [2.75, 3.05) is 6.61 Å². The van der Waals surface area contributed by atoms with Gasteiger partial charge in [-0.05, 0) is 5.56 Å². The zero-order chi connectivity index (χ0) is 10.2. The van der Waals surface area contributed by atoms with Gasteiger partial charge in [0.05, 0.1) is 26.6 Å². The van der Waals surface area contributed by atoms with Crippen LogP contribution in [0.25, 0.3) is 0 Å². The van der Waals surface area contributed by atoms with Crippen molar-refractivity contribution in [1.82, 2.24) is 0 Å². The Labute approximate surface area is 83.6 Å². The van der Waals surface area contributed by atoms with E-state index in [0.29, 0.717) is 25.4 Å². The number of ether oxygens (including phenoxy) is 1. The van der Waals surface area contributed by atoms with Gasteiger partial charge in [0.15, 0.2) is 0 Å². The van der Waals surface area contributed by atoms with Crippen molar-refractivity contribution in [1.29, 1.82) is 0 Å². The third kappa shape index (κ3) is 4.05. The van der Waals surface area contributed by atoms with Crippen molar-refractivity contribution in [3.8, 4) is 0 Å².